The number of aromatic nitrogens is 4. The number of fused-ring (bicyclic) bond motifs is 1. The lowest BCUT2D eigenvalue weighted by Gasteiger charge is -2.18. The Bertz CT molecular complexity index is 1550. The molecule has 0 saturated heterocycles. The van der Waals surface area contributed by atoms with Gasteiger partial charge in [-0.3, -0.25) is 4.98 Å². The maximum atomic E-state index is 15.0. The first-order valence-corrected chi connectivity index (χ1v) is 12.5. The third-order valence-corrected chi connectivity index (χ3v) is 5.42. The highest BCUT2D eigenvalue weighted by Gasteiger charge is 2.22. The van der Waals surface area contributed by atoms with Gasteiger partial charge in [-0.25, -0.2) is 27.3 Å². The van der Waals surface area contributed by atoms with E-state index in [0.29, 0.717) is 29.5 Å². The van der Waals surface area contributed by atoms with Crippen LogP contribution in [0.25, 0.3) is 28.0 Å². The molecule has 0 aliphatic heterocycles. The van der Waals surface area contributed by atoms with Crippen LogP contribution in [0.2, 0.25) is 5.15 Å². The van der Waals surface area contributed by atoms with E-state index in [1.165, 1.54) is 16.7 Å². The summed E-state index contributed by atoms with van der Waals surface area (Å²) >= 11 is 6.14. The van der Waals surface area contributed by atoms with E-state index in [0.717, 1.165) is 25.2 Å². The summed E-state index contributed by atoms with van der Waals surface area (Å²) in [5.74, 6) is -1.72. The van der Waals surface area contributed by atoms with Gasteiger partial charge in [0.15, 0.2) is 13.2 Å². The number of benzene rings is 1. The molecular formula is C22H18BClF2N4O2PS. The van der Waals surface area contributed by atoms with Gasteiger partial charge < -0.3 is 0 Å². The van der Waals surface area contributed by atoms with Crippen molar-refractivity contribution in [3.8, 4) is 16.9 Å². The molecule has 0 aliphatic carbocycles. The second kappa shape index (κ2) is 11.1. The van der Waals surface area contributed by atoms with Gasteiger partial charge in [0, 0.05) is 11.8 Å². The van der Waals surface area contributed by atoms with Crippen LogP contribution < -0.4 is 5.69 Å². The molecule has 3 aromatic heterocycles. The number of aryl methyl sites for hydroxylation is 1. The number of pyridine rings is 2. The van der Waals surface area contributed by atoms with Gasteiger partial charge >= 0.3 is 5.69 Å². The zero-order valence-corrected chi connectivity index (χ0v) is 20.7. The summed E-state index contributed by atoms with van der Waals surface area (Å²) in [5.41, 5.74) is 0.390. The van der Waals surface area contributed by atoms with Crippen LogP contribution >= 0.6 is 18.8 Å². The molecule has 12 heteroatoms. The molecule has 4 rings (SSSR count). The summed E-state index contributed by atoms with van der Waals surface area (Å²) in [6, 6.07) is 6.35. The van der Waals surface area contributed by atoms with Crippen molar-refractivity contribution >= 4 is 48.2 Å². The van der Waals surface area contributed by atoms with E-state index >= 15 is 0 Å². The molecule has 0 saturated carbocycles. The number of nitrogens with zero attached hydrogens (tertiary/aromatic N) is 4. The predicted octanol–water partition coefficient (Wildman–Crippen LogP) is 5.08. The van der Waals surface area contributed by atoms with Crippen LogP contribution in [0.5, 0.6) is 0 Å². The van der Waals surface area contributed by atoms with Gasteiger partial charge in [0.25, 0.3) is 0 Å². The van der Waals surface area contributed by atoms with Gasteiger partial charge in [0.05, 0.1) is 18.1 Å². The van der Waals surface area contributed by atoms with Crippen molar-refractivity contribution in [3.05, 3.63) is 81.1 Å². The number of halogens is 3. The van der Waals surface area contributed by atoms with E-state index in [9.17, 15) is 17.8 Å². The second-order valence-corrected chi connectivity index (χ2v) is 9.10. The van der Waals surface area contributed by atoms with Gasteiger partial charge in [0.2, 0.25) is 0 Å². The monoisotopic (exact) mass is 520 g/mol. The minimum atomic E-state index is -0.882. The molecule has 0 amide bonds. The quantitative estimate of drug-likeness (QED) is 0.213. The molecule has 0 bridgehead atoms. The molecule has 4 aromatic rings. The third-order valence-electron chi connectivity index (χ3n) is 4.78. The van der Waals surface area contributed by atoms with Crippen molar-refractivity contribution in [2.45, 2.75) is 26.7 Å². The van der Waals surface area contributed by atoms with Gasteiger partial charge in [-0.1, -0.05) is 44.8 Å². The van der Waals surface area contributed by atoms with Crippen LogP contribution in [0.3, 0.4) is 0 Å². The molecule has 1 aromatic carbocycles. The zero-order chi connectivity index (χ0) is 26.6. The Hall–Kier alpha value is -2.81. The second-order valence-electron chi connectivity index (χ2n) is 7.30. The fourth-order valence-corrected chi connectivity index (χ4v) is 3.56. The van der Waals surface area contributed by atoms with Crippen molar-refractivity contribution in [1.29, 1.82) is 1.34 Å². The first kappa shape index (κ1) is 23.0. The van der Waals surface area contributed by atoms with Crippen molar-refractivity contribution in [1.82, 2.24) is 19.5 Å². The van der Waals surface area contributed by atoms with E-state index in [2.05, 4.69) is 15.0 Å². The zero-order valence-electron chi connectivity index (χ0n) is 20.2. The highest BCUT2D eigenvalue weighted by Crippen LogP contribution is 2.31. The lowest BCUT2D eigenvalue weighted by Crippen LogP contribution is -2.25. The highest BCUT2D eigenvalue weighted by atomic mass is 35.5. The molecule has 0 atom stereocenters. The predicted molar refractivity (Wildman–Crippen MR) is 134 cm³/mol. The van der Waals surface area contributed by atoms with E-state index in [1.807, 2.05) is 13.8 Å². The maximum Gasteiger partial charge on any atom is 0.355 e. The van der Waals surface area contributed by atoms with Crippen molar-refractivity contribution in [3.63, 3.8) is 0 Å². The Kier molecular flexibility index (Phi) is 7.48. The number of hydrogen-bond acceptors (Lipinski definition) is 5. The average Bonchev–Trinajstić information content (AvgIpc) is 2.81. The van der Waals surface area contributed by atoms with Crippen LogP contribution in [0.4, 0.5) is 8.78 Å². The molecule has 1 radical (unpaired) electrons. The van der Waals surface area contributed by atoms with Gasteiger partial charge in [0.1, 0.15) is 33.3 Å². The Balaban J connectivity index is 0.000000658. The summed E-state index contributed by atoms with van der Waals surface area (Å²) in [6.45, 7) is 5.65. The van der Waals surface area contributed by atoms with E-state index in [-0.39, 0.29) is 33.7 Å². The van der Waals surface area contributed by atoms with E-state index in [4.69, 9.17) is 14.3 Å². The Labute approximate surface area is 208 Å². The van der Waals surface area contributed by atoms with Crippen molar-refractivity contribution < 1.29 is 14.4 Å². The van der Waals surface area contributed by atoms with E-state index in [1.54, 1.807) is 19.2 Å². The summed E-state index contributed by atoms with van der Waals surface area (Å²) in [6.07, 6.45) is 1.63. The Morgan fingerprint density at radius 3 is 2.68 bits per heavy atom. The smallest absolute Gasteiger partial charge is 0.259 e. The molecule has 34 heavy (non-hydrogen) atoms. The first-order valence-electron chi connectivity index (χ1n) is 10.9. The topological polar surface area (TPSA) is 77.7 Å². The molecular weight excluding hydrogens is 500 g/mol. The summed E-state index contributed by atoms with van der Waals surface area (Å²) in [7, 11) is 1.92. The molecule has 0 aliphatic rings. The molecule has 0 spiro atoms. The van der Waals surface area contributed by atoms with Crippen LogP contribution in [-0.2, 0) is 10.8 Å². The summed E-state index contributed by atoms with van der Waals surface area (Å²) < 4.78 is 54.2. The lowest BCUT2D eigenvalue weighted by molar-refractivity contribution is 0.613. The lowest BCUT2D eigenvalue weighted by atomic mass is 10.0. The SMILES string of the molecule is [2H][B]P=S=O.[3H]c1cccc(F)c1-c1nc2c(cc1F)c(Cl)nc(=O)n2-c1c(C)ccnc1C(C)C. The highest BCUT2D eigenvalue weighted by molar-refractivity contribution is 8.10. The van der Waals surface area contributed by atoms with Crippen LogP contribution in [0, 0.1) is 18.6 Å². The van der Waals surface area contributed by atoms with Crippen LogP contribution in [0.1, 0.15) is 32.4 Å². The Morgan fingerprint density at radius 1 is 1.29 bits per heavy atom. The summed E-state index contributed by atoms with van der Waals surface area (Å²) in [5, 5.41) is -0.134. The average molecular weight is 521 g/mol. The van der Waals surface area contributed by atoms with Crippen molar-refractivity contribution in [2.24, 2.45) is 0 Å². The number of rotatable bonds is 4. The fourth-order valence-electron chi connectivity index (χ4n) is 3.35. The molecule has 0 N–H and O–H groups in total. The largest absolute Gasteiger partial charge is 0.355 e. The summed E-state index contributed by atoms with van der Waals surface area (Å²) in [4.78, 5) is 25.5. The van der Waals surface area contributed by atoms with Crippen LogP contribution in [-0.4, -0.2) is 32.6 Å². The molecule has 173 valence electrons. The van der Waals surface area contributed by atoms with E-state index < -0.39 is 23.0 Å². The molecule has 0 unspecified atom stereocenters. The standard InChI is InChI=1S/C22H17ClF2N4O.BHOPS/c1-11(2)17-19(12(3)8-9-26-17)29-21-14(20(23)28-22(29)30)10-16(25)18(27-21)13-6-4-5-7-15(13)24;1-3-4-2/h4-11H,1-3H3;1H/i6T;1D. The van der Waals surface area contributed by atoms with Crippen molar-refractivity contribution in [2.75, 3.05) is 0 Å². The normalized spacial score (nSPS) is 11.6. The van der Waals surface area contributed by atoms with Gasteiger partial charge in [-0.05, 0) is 44.0 Å². The molecule has 0 fully saturated rings. The number of hydrogen-bond donors (Lipinski definition) is 0. The fraction of sp³-hybridized carbons (Fsp3) is 0.182. The minimum Gasteiger partial charge on any atom is -0.259 e. The molecule has 3 heterocycles. The van der Waals surface area contributed by atoms with Gasteiger partial charge in [-0.2, -0.15) is 4.98 Å². The van der Waals surface area contributed by atoms with Gasteiger partial charge in [-0.15, -0.1) is 0 Å². The molecule has 6 nitrogen and oxygen atoms in total. The Morgan fingerprint density at radius 2 is 2.06 bits per heavy atom. The third kappa shape index (κ3) is 5.14. The maximum absolute atomic E-state index is 15.0. The minimum absolute atomic E-state index is 0.00190. The van der Waals surface area contributed by atoms with Crippen LogP contribution in [0.15, 0.2) is 47.4 Å². The first-order chi connectivity index (χ1) is 17.1.